The van der Waals surface area contributed by atoms with Gasteiger partial charge in [-0.05, 0) is 67.1 Å². The SMILES string of the molecule is CNC(=O)CNS(=O)(=O)c1cc(Nc2ccc(F)cc2C)c(C(=O)N2CCC(c3ccc(F)cc3)CC2)cn1. The maximum Gasteiger partial charge on any atom is 0.258 e. The van der Waals surface area contributed by atoms with Crippen molar-refractivity contribution in [3.8, 4) is 0 Å². The molecule has 0 atom stereocenters. The Hall–Kier alpha value is -3.90. The van der Waals surface area contributed by atoms with E-state index in [0.717, 1.165) is 5.56 Å². The number of carbonyl (C=O) groups is 2. The van der Waals surface area contributed by atoms with E-state index in [4.69, 9.17) is 0 Å². The number of hydrogen-bond acceptors (Lipinski definition) is 6. The lowest BCUT2D eigenvalue weighted by molar-refractivity contribution is -0.119. The molecule has 3 N–H and O–H groups in total. The second kappa shape index (κ2) is 11.9. The van der Waals surface area contributed by atoms with Crippen molar-refractivity contribution in [1.82, 2.24) is 19.9 Å². The van der Waals surface area contributed by atoms with Crippen LogP contribution in [0.15, 0.2) is 59.8 Å². The topological polar surface area (TPSA) is 120 Å². The van der Waals surface area contributed by atoms with Gasteiger partial charge < -0.3 is 15.5 Å². The molecule has 1 fully saturated rings. The molecule has 1 aliphatic heterocycles. The highest BCUT2D eigenvalue weighted by Crippen LogP contribution is 2.31. The Morgan fingerprint density at radius 3 is 2.31 bits per heavy atom. The number of anilines is 2. The normalized spacial score (nSPS) is 14.2. The molecular weight excluding hydrogens is 528 g/mol. The van der Waals surface area contributed by atoms with Gasteiger partial charge in [-0.2, -0.15) is 0 Å². The quantitative estimate of drug-likeness (QED) is 0.390. The highest BCUT2D eigenvalue weighted by molar-refractivity contribution is 7.89. The second-order valence-electron chi connectivity index (χ2n) is 9.27. The van der Waals surface area contributed by atoms with Gasteiger partial charge in [-0.25, -0.2) is 26.9 Å². The highest BCUT2D eigenvalue weighted by atomic mass is 32.2. The van der Waals surface area contributed by atoms with Crippen molar-refractivity contribution >= 4 is 33.2 Å². The first-order chi connectivity index (χ1) is 18.6. The third-order valence-corrected chi connectivity index (χ3v) is 7.97. The number of pyridine rings is 1. The van der Waals surface area contributed by atoms with Crippen LogP contribution in [0.5, 0.6) is 0 Å². The highest BCUT2D eigenvalue weighted by Gasteiger charge is 2.28. The van der Waals surface area contributed by atoms with Gasteiger partial charge in [-0.1, -0.05) is 12.1 Å². The standard InChI is InChI=1S/C27H29F2N5O4S/c1-17-13-21(29)7-8-23(17)33-24-14-26(39(37,38)32-16-25(35)30-2)31-15-22(24)27(36)34-11-9-19(10-12-34)18-3-5-20(28)6-4-18/h3-8,13-15,19,32H,9-12,16H2,1-2H3,(H,30,35)(H,31,33). The summed E-state index contributed by atoms with van der Waals surface area (Å²) in [6.07, 6.45) is 2.55. The number of nitrogens with zero attached hydrogens (tertiary/aromatic N) is 2. The minimum Gasteiger partial charge on any atom is -0.358 e. The molecule has 3 aromatic rings. The number of carbonyl (C=O) groups excluding carboxylic acids is 2. The minimum atomic E-state index is -4.18. The first-order valence-corrected chi connectivity index (χ1v) is 13.8. The summed E-state index contributed by atoms with van der Waals surface area (Å²) in [6, 6.07) is 11.6. The molecule has 1 saturated heterocycles. The van der Waals surface area contributed by atoms with Crippen LogP contribution in [0.3, 0.4) is 0 Å². The van der Waals surface area contributed by atoms with Crippen LogP contribution >= 0.6 is 0 Å². The van der Waals surface area contributed by atoms with Crippen LogP contribution < -0.4 is 15.4 Å². The van der Waals surface area contributed by atoms with Gasteiger partial charge in [0.1, 0.15) is 11.6 Å². The summed E-state index contributed by atoms with van der Waals surface area (Å²) in [7, 11) is -2.80. The molecule has 2 heterocycles. The fourth-order valence-corrected chi connectivity index (χ4v) is 5.35. The van der Waals surface area contributed by atoms with Gasteiger partial charge in [0.05, 0.1) is 17.8 Å². The van der Waals surface area contributed by atoms with Crippen molar-refractivity contribution in [2.75, 3.05) is 32.0 Å². The maximum absolute atomic E-state index is 13.7. The number of piperidine rings is 1. The number of amides is 2. The molecular formula is C27H29F2N5O4S. The van der Waals surface area contributed by atoms with E-state index in [2.05, 4.69) is 20.3 Å². The molecule has 0 radical (unpaired) electrons. The lowest BCUT2D eigenvalue weighted by Crippen LogP contribution is -2.38. The number of aromatic nitrogens is 1. The molecule has 1 aliphatic rings. The van der Waals surface area contributed by atoms with Crippen molar-refractivity contribution in [2.45, 2.75) is 30.7 Å². The third kappa shape index (κ3) is 6.76. The summed E-state index contributed by atoms with van der Waals surface area (Å²) in [5, 5.41) is 4.99. The fraction of sp³-hybridized carbons (Fsp3) is 0.296. The summed E-state index contributed by atoms with van der Waals surface area (Å²) in [4.78, 5) is 30.8. The Bertz CT molecular complexity index is 1470. The number of nitrogens with one attached hydrogen (secondary N) is 3. The lowest BCUT2D eigenvalue weighted by Gasteiger charge is -2.32. The molecule has 0 saturated carbocycles. The summed E-state index contributed by atoms with van der Waals surface area (Å²) in [5.41, 5.74) is 2.36. The summed E-state index contributed by atoms with van der Waals surface area (Å²) in [5.74, 6) is -1.43. The van der Waals surface area contributed by atoms with E-state index < -0.39 is 28.3 Å². The molecule has 4 rings (SSSR count). The van der Waals surface area contributed by atoms with E-state index in [-0.39, 0.29) is 33.9 Å². The average Bonchev–Trinajstić information content (AvgIpc) is 2.93. The Morgan fingerprint density at radius 2 is 1.67 bits per heavy atom. The lowest BCUT2D eigenvalue weighted by atomic mass is 9.89. The van der Waals surface area contributed by atoms with Crippen molar-refractivity contribution in [1.29, 1.82) is 0 Å². The van der Waals surface area contributed by atoms with Crippen LogP contribution in [0, 0.1) is 18.6 Å². The van der Waals surface area contributed by atoms with Crippen molar-refractivity contribution < 1.29 is 26.8 Å². The van der Waals surface area contributed by atoms with Gasteiger partial charge in [-0.3, -0.25) is 9.59 Å². The smallest absolute Gasteiger partial charge is 0.258 e. The van der Waals surface area contributed by atoms with Crippen LogP contribution in [0.1, 0.15) is 40.2 Å². The Morgan fingerprint density at radius 1 is 1.00 bits per heavy atom. The van der Waals surface area contributed by atoms with E-state index in [0.29, 0.717) is 37.2 Å². The zero-order valence-corrected chi connectivity index (χ0v) is 22.3. The molecule has 12 heteroatoms. The number of likely N-dealkylation sites (tertiary alicyclic amines) is 1. The fourth-order valence-electron chi connectivity index (χ4n) is 4.41. The number of rotatable bonds is 8. The molecule has 2 aromatic carbocycles. The number of benzene rings is 2. The molecule has 0 spiro atoms. The van der Waals surface area contributed by atoms with E-state index in [9.17, 15) is 26.8 Å². The van der Waals surface area contributed by atoms with Gasteiger partial charge in [0, 0.05) is 38.1 Å². The molecule has 0 aliphatic carbocycles. The largest absolute Gasteiger partial charge is 0.358 e. The predicted molar refractivity (Wildman–Crippen MR) is 142 cm³/mol. The van der Waals surface area contributed by atoms with E-state index in [1.807, 2.05) is 0 Å². The number of hydrogen-bond donors (Lipinski definition) is 3. The summed E-state index contributed by atoms with van der Waals surface area (Å²) < 4.78 is 54.7. The van der Waals surface area contributed by atoms with E-state index in [1.165, 1.54) is 49.6 Å². The van der Waals surface area contributed by atoms with Crippen molar-refractivity contribution in [3.63, 3.8) is 0 Å². The number of aryl methyl sites for hydroxylation is 1. The maximum atomic E-state index is 13.7. The van der Waals surface area contributed by atoms with Crippen LogP contribution in [0.25, 0.3) is 0 Å². The zero-order chi connectivity index (χ0) is 28.2. The third-order valence-electron chi connectivity index (χ3n) is 6.67. The molecule has 39 heavy (non-hydrogen) atoms. The Balaban J connectivity index is 1.60. The van der Waals surface area contributed by atoms with Gasteiger partial charge in [0.2, 0.25) is 5.91 Å². The van der Waals surface area contributed by atoms with Crippen LogP contribution in [0.4, 0.5) is 20.2 Å². The first-order valence-electron chi connectivity index (χ1n) is 12.4. The van der Waals surface area contributed by atoms with Gasteiger partial charge in [0.25, 0.3) is 15.9 Å². The summed E-state index contributed by atoms with van der Waals surface area (Å²) in [6.45, 7) is 2.09. The van der Waals surface area contributed by atoms with Crippen molar-refractivity contribution in [3.05, 3.63) is 83.1 Å². The van der Waals surface area contributed by atoms with Gasteiger partial charge >= 0.3 is 0 Å². The first kappa shape index (κ1) is 28.1. The average molecular weight is 558 g/mol. The minimum absolute atomic E-state index is 0.143. The Kier molecular flexibility index (Phi) is 8.56. The molecule has 1 aromatic heterocycles. The predicted octanol–water partition coefficient (Wildman–Crippen LogP) is 3.46. The van der Waals surface area contributed by atoms with E-state index >= 15 is 0 Å². The van der Waals surface area contributed by atoms with Crippen LogP contribution in [-0.4, -0.2) is 56.8 Å². The van der Waals surface area contributed by atoms with E-state index in [1.54, 1.807) is 24.0 Å². The number of sulfonamides is 1. The monoisotopic (exact) mass is 557 g/mol. The Labute approximate surface area is 225 Å². The second-order valence-corrected chi connectivity index (χ2v) is 11.0. The summed E-state index contributed by atoms with van der Waals surface area (Å²) >= 11 is 0. The molecule has 2 amide bonds. The molecule has 0 bridgehead atoms. The van der Waals surface area contributed by atoms with Crippen LogP contribution in [0.2, 0.25) is 0 Å². The number of halogens is 2. The molecule has 206 valence electrons. The van der Waals surface area contributed by atoms with Gasteiger partial charge in [-0.15, -0.1) is 0 Å². The van der Waals surface area contributed by atoms with Crippen molar-refractivity contribution in [2.24, 2.45) is 0 Å². The zero-order valence-electron chi connectivity index (χ0n) is 21.5. The van der Waals surface area contributed by atoms with Crippen LogP contribution in [-0.2, 0) is 14.8 Å². The molecule has 9 nitrogen and oxygen atoms in total. The van der Waals surface area contributed by atoms with Gasteiger partial charge in [0.15, 0.2) is 5.03 Å². The molecule has 0 unspecified atom stereocenters. The number of likely N-dealkylation sites (N-methyl/N-ethyl adjacent to an activating group) is 1.